The van der Waals surface area contributed by atoms with E-state index in [1.165, 1.54) is 6.07 Å². The zero-order valence-electron chi connectivity index (χ0n) is 11.7. The van der Waals surface area contributed by atoms with E-state index >= 15 is 0 Å². The third-order valence-corrected chi connectivity index (χ3v) is 4.13. The van der Waals surface area contributed by atoms with Crippen molar-refractivity contribution in [2.75, 3.05) is 0 Å². The zero-order valence-corrected chi connectivity index (χ0v) is 11.7. The predicted molar refractivity (Wildman–Crippen MR) is 77.9 cm³/mol. The Kier molecular flexibility index (Phi) is 3.57. The molecule has 1 aliphatic rings. The molecule has 2 unspecified atom stereocenters. The number of aryl methyl sites for hydroxylation is 1. The van der Waals surface area contributed by atoms with Gasteiger partial charge in [-0.15, -0.1) is 0 Å². The Bertz CT molecular complexity index is 606. The highest BCUT2D eigenvalue weighted by molar-refractivity contribution is 5.62. The highest BCUT2D eigenvalue weighted by Crippen LogP contribution is 2.33. The third-order valence-electron chi connectivity index (χ3n) is 4.13. The number of H-pyrrole nitrogens is 1. The molecule has 0 saturated heterocycles. The van der Waals surface area contributed by atoms with Crippen LogP contribution in [0.25, 0.3) is 11.3 Å². The molecule has 20 heavy (non-hydrogen) atoms. The molecule has 0 spiro atoms. The van der Waals surface area contributed by atoms with E-state index in [2.05, 4.69) is 9.97 Å². The molecule has 2 atom stereocenters. The van der Waals surface area contributed by atoms with Gasteiger partial charge in [-0.1, -0.05) is 18.6 Å². The van der Waals surface area contributed by atoms with Crippen LogP contribution in [-0.4, -0.2) is 16.0 Å². The number of hydrogen-bond acceptors (Lipinski definition) is 2. The van der Waals surface area contributed by atoms with Crippen molar-refractivity contribution in [3.63, 3.8) is 0 Å². The number of nitrogens with one attached hydrogen (secondary N) is 1. The number of rotatable bonds is 2. The summed E-state index contributed by atoms with van der Waals surface area (Å²) in [5, 5.41) is 0. The van der Waals surface area contributed by atoms with Crippen molar-refractivity contribution < 1.29 is 4.39 Å². The summed E-state index contributed by atoms with van der Waals surface area (Å²) in [4.78, 5) is 7.98. The molecule has 1 fully saturated rings. The summed E-state index contributed by atoms with van der Waals surface area (Å²) in [6.07, 6.45) is 4.30. The van der Waals surface area contributed by atoms with E-state index in [4.69, 9.17) is 5.73 Å². The summed E-state index contributed by atoms with van der Waals surface area (Å²) in [5.74, 6) is 1.10. The second-order valence-corrected chi connectivity index (χ2v) is 5.70. The largest absolute Gasteiger partial charge is 0.345 e. The summed E-state index contributed by atoms with van der Waals surface area (Å²) in [6, 6.07) is 7.04. The van der Waals surface area contributed by atoms with Crippen LogP contribution < -0.4 is 5.73 Å². The number of hydrogen-bond donors (Lipinski definition) is 2. The van der Waals surface area contributed by atoms with Crippen molar-refractivity contribution in [3.8, 4) is 11.3 Å². The van der Waals surface area contributed by atoms with E-state index in [0.29, 0.717) is 11.5 Å². The highest BCUT2D eigenvalue weighted by Gasteiger charge is 2.24. The molecule has 3 nitrogen and oxygen atoms in total. The first-order valence-electron chi connectivity index (χ1n) is 7.22. The van der Waals surface area contributed by atoms with Gasteiger partial charge in [-0.25, -0.2) is 9.37 Å². The molecular weight excluding hydrogens is 253 g/mol. The number of halogens is 1. The average molecular weight is 273 g/mol. The fourth-order valence-electron chi connectivity index (χ4n) is 3.07. The smallest absolute Gasteiger partial charge is 0.132 e. The number of nitrogens with zero attached hydrogens (tertiary/aromatic N) is 1. The lowest BCUT2D eigenvalue weighted by Gasteiger charge is -2.24. The molecular formula is C16H20FN3. The van der Waals surface area contributed by atoms with Gasteiger partial charge >= 0.3 is 0 Å². The van der Waals surface area contributed by atoms with Gasteiger partial charge < -0.3 is 10.7 Å². The molecule has 1 aromatic heterocycles. The van der Waals surface area contributed by atoms with Crippen molar-refractivity contribution in [2.45, 2.75) is 44.6 Å². The van der Waals surface area contributed by atoms with Crippen molar-refractivity contribution in [2.24, 2.45) is 5.73 Å². The molecule has 0 aliphatic heterocycles. The molecule has 3 rings (SSSR count). The van der Waals surface area contributed by atoms with Crippen molar-refractivity contribution in [1.29, 1.82) is 0 Å². The lowest BCUT2D eigenvalue weighted by molar-refractivity contribution is 0.383. The molecule has 0 bridgehead atoms. The second-order valence-electron chi connectivity index (χ2n) is 5.70. The number of benzene rings is 1. The van der Waals surface area contributed by atoms with Crippen molar-refractivity contribution in [1.82, 2.24) is 9.97 Å². The Balaban J connectivity index is 1.93. The fourth-order valence-corrected chi connectivity index (χ4v) is 3.07. The van der Waals surface area contributed by atoms with Gasteiger partial charge in [-0.2, -0.15) is 0 Å². The molecule has 0 radical (unpaired) electrons. The van der Waals surface area contributed by atoms with E-state index in [-0.39, 0.29) is 11.9 Å². The first-order valence-corrected chi connectivity index (χ1v) is 7.22. The van der Waals surface area contributed by atoms with Crippen LogP contribution in [0.2, 0.25) is 0 Å². The molecule has 1 aliphatic carbocycles. The van der Waals surface area contributed by atoms with Gasteiger partial charge in [-0.3, -0.25) is 0 Å². The van der Waals surface area contributed by atoms with Crippen LogP contribution >= 0.6 is 0 Å². The van der Waals surface area contributed by atoms with Gasteiger partial charge in [0.15, 0.2) is 0 Å². The van der Waals surface area contributed by atoms with Crippen LogP contribution in [0, 0.1) is 12.7 Å². The predicted octanol–water partition coefficient (Wildman–Crippen LogP) is 3.51. The monoisotopic (exact) mass is 273 g/mol. The minimum atomic E-state index is -0.228. The summed E-state index contributed by atoms with van der Waals surface area (Å²) >= 11 is 0. The molecule has 1 heterocycles. The van der Waals surface area contributed by atoms with Crippen LogP contribution in [0.15, 0.2) is 24.3 Å². The summed E-state index contributed by atoms with van der Waals surface area (Å²) in [7, 11) is 0. The number of aromatic amines is 1. The maximum atomic E-state index is 13.9. The first kappa shape index (κ1) is 13.3. The Morgan fingerprint density at radius 3 is 2.85 bits per heavy atom. The zero-order chi connectivity index (χ0) is 14.1. The number of aromatic nitrogens is 2. The van der Waals surface area contributed by atoms with Gasteiger partial charge in [0.1, 0.15) is 11.6 Å². The van der Waals surface area contributed by atoms with E-state index in [0.717, 1.165) is 42.9 Å². The summed E-state index contributed by atoms with van der Waals surface area (Å²) in [6.45, 7) is 1.95. The van der Waals surface area contributed by atoms with Crippen LogP contribution in [0.1, 0.15) is 43.1 Å². The average Bonchev–Trinajstić information content (AvgIpc) is 2.81. The van der Waals surface area contributed by atoms with Crippen molar-refractivity contribution in [3.05, 3.63) is 41.6 Å². The van der Waals surface area contributed by atoms with E-state index < -0.39 is 0 Å². The topological polar surface area (TPSA) is 54.7 Å². The lowest BCUT2D eigenvalue weighted by Crippen LogP contribution is -2.27. The minimum Gasteiger partial charge on any atom is -0.345 e. The Morgan fingerprint density at radius 2 is 2.10 bits per heavy atom. The summed E-state index contributed by atoms with van der Waals surface area (Å²) < 4.78 is 13.9. The molecule has 2 aromatic rings. The van der Waals surface area contributed by atoms with Gasteiger partial charge in [0, 0.05) is 23.2 Å². The van der Waals surface area contributed by atoms with Crippen LogP contribution in [-0.2, 0) is 0 Å². The van der Waals surface area contributed by atoms with E-state index in [9.17, 15) is 4.39 Å². The second kappa shape index (κ2) is 5.37. The molecule has 4 heteroatoms. The highest BCUT2D eigenvalue weighted by atomic mass is 19.1. The van der Waals surface area contributed by atoms with Crippen LogP contribution in [0.5, 0.6) is 0 Å². The minimum absolute atomic E-state index is 0.228. The van der Waals surface area contributed by atoms with E-state index in [1.807, 2.05) is 13.0 Å². The SMILES string of the molecule is Cc1[nH]c(C2CCCC(N)C2)nc1-c1ccccc1F. The van der Waals surface area contributed by atoms with Crippen LogP contribution in [0.3, 0.4) is 0 Å². The molecule has 106 valence electrons. The van der Waals surface area contributed by atoms with Gasteiger partial charge in [0.2, 0.25) is 0 Å². The Labute approximate surface area is 118 Å². The molecule has 1 aromatic carbocycles. The molecule has 0 amide bonds. The first-order chi connectivity index (χ1) is 9.65. The Hall–Kier alpha value is -1.68. The van der Waals surface area contributed by atoms with Gasteiger partial charge in [-0.05, 0) is 38.3 Å². The normalized spacial score (nSPS) is 22.9. The Morgan fingerprint density at radius 1 is 1.30 bits per heavy atom. The van der Waals surface area contributed by atoms with E-state index in [1.54, 1.807) is 12.1 Å². The summed E-state index contributed by atoms with van der Waals surface area (Å²) in [5.41, 5.74) is 8.24. The van der Waals surface area contributed by atoms with Crippen LogP contribution in [0.4, 0.5) is 4.39 Å². The maximum Gasteiger partial charge on any atom is 0.132 e. The molecule has 3 N–H and O–H groups in total. The number of imidazole rings is 1. The third kappa shape index (κ3) is 2.48. The standard InChI is InChI=1S/C16H20FN3/c1-10-15(13-7-2-3-8-14(13)17)20-16(19-10)11-5-4-6-12(18)9-11/h2-3,7-8,11-12H,4-6,9,18H2,1H3,(H,19,20). The quantitative estimate of drug-likeness (QED) is 0.879. The van der Waals surface area contributed by atoms with Gasteiger partial charge in [0.05, 0.1) is 5.69 Å². The maximum absolute atomic E-state index is 13.9. The van der Waals surface area contributed by atoms with Crippen molar-refractivity contribution >= 4 is 0 Å². The lowest BCUT2D eigenvalue weighted by atomic mass is 9.86. The number of nitrogens with two attached hydrogens (primary N) is 1. The van der Waals surface area contributed by atoms with Gasteiger partial charge in [0.25, 0.3) is 0 Å². The molecule has 1 saturated carbocycles. The fraction of sp³-hybridized carbons (Fsp3) is 0.438.